The Labute approximate surface area is 190 Å². The minimum Gasteiger partial charge on any atom is -0.331 e. The first-order valence-corrected chi connectivity index (χ1v) is 11.8. The van der Waals surface area contributed by atoms with Gasteiger partial charge >= 0.3 is 0 Å². The summed E-state index contributed by atoms with van der Waals surface area (Å²) >= 11 is 1.63. The van der Waals surface area contributed by atoms with Crippen molar-refractivity contribution in [2.45, 2.75) is 38.6 Å². The summed E-state index contributed by atoms with van der Waals surface area (Å²) in [5.74, 6) is 0.397. The number of rotatable bonds is 6. The van der Waals surface area contributed by atoms with E-state index < -0.39 is 0 Å². The molecule has 0 radical (unpaired) electrons. The molecule has 3 aromatic heterocycles. The smallest absolute Gasteiger partial charge is 0.259 e. The molecule has 5 rings (SSSR count). The third-order valence-corrected chi connectivity index (χ3v) is 7.11. The van der Waals surface area contributed by atoms with Gasteiger partial charge in [0.25, 0.3) is 11.5 Å². The van der Waals surface area contributed by atoms with Crippen molar-refractivity contribution in [2.75, 3.05) is 6.54 Å². The summed E-state index contributed by atoms with van der Waals surface area (Å²) in [6, 6.07) is 13.6. The van der Waals surface area contributed by atoms with E-state index in [1.165, 1.54) is 10.4 Å². The zero-order valence-electron chi connectivity index (χ0n) is 17.7. The highest BCUT2D eigenvalue weighted by Gasteiger charge is 2.22. The average molecular weight is 445 g/mol. The number of aromatic nitrogens is 3. The molecule has 1 aromatic carbocycles. The lowest BCUT2D eigenvalue weighted by atomic mass is 9.97. The fraction of sp³-hybridized carbons (Fsp3) is 0.280. The van der Waals surface area contributed by atoms with Crippen molar-refractivity contribution in [3.05, 3.63) is 92.6 Å². The highest BCUT2D eigenvalue weighted by atomic mass is 32.1. The van der Waals surface area contributed by atoms with E-state index in [1.54, 1.807) is 40.8 Å². The second kappa shape index (κ2) is 9.04. The summed E-state index contributed by atoms with van der Waals surface area (Å²) in [5, 5.41) is 0.739. The van der Waals surface area contributed by atoms with Crippen molar-refractivity contribution in [1.82, 2.24) is 19.9 Å². The molecule has 0 atom stereocenters. The number of benzene rings is 1. The SMILES string of the molecule is O=C(c1cccnc1)N(CCc1ccccc1)Cc1nc2sc3c(c2c(=O)[nH]1)CCCC3. The molecule has 32 heavy (non-hydrogen) atoms. The molecule has 162 valence electrons. The summed E-state index contributed by atoms with van der Waals surface area (Å²) in [7, 11) is 0. The predicted octanol–water partition coefficient (Wildman–Crippen LogP) is 4.14. The standard InChI is InChI=1S/C25H24N4O2S/c30-23-22-19-10-4-5-11-20(19)32-24(22)28-21(27-23)16-29(14-12-17-7-2-1-3-8-17)25(31)18-9-6-13-26-15-18/h1-3,6-9,13,15H,4-5,10-12,14,16H2,(H,27,28,30). The molecular formula is C25H24N4O2S. The normalized spacial score (nSPS) is 13.1. The van der Waals surface area contributed by atoms with Crippen molar-refractivity contribution in [1.29, 1.82) is 0 Å². The Kier molecular flexibility index (Phi) is 5.81. The fourth-order valence-electron chi connectivity index (χ4n) is 4.30. The topological polar surface area (TPSA) is 79.0 Å². The molecular weight excluding hydrogens is 420 g/mol. The number of carbonyl (C=O) groups excluding carboxylic acids is 1. The van der Waals surface area contributed by atoms with E-state index in [0.29, 0.717) is 24.4 Å². The van der Waals surface area contributed by atoms with Crippen molar-refractivity contribution >= 4 is 27.5 Å². The van der Waals surface area contributed by atoms with Crippen LogP contribution in [0.25, 0.3) is 10.2 Å². The van der Waals surface area contributed by atoms with Crippen LogP contribution >= 0.6 is 11.3 Å². The molecule has 1 N–H and O–H groups in total. The molecule has 1 aliphatic rings. The van der Waals surface area contributed by atoms with Gasteiger partial charge in [-0.15, -0.1) is 11.3 Å². The Bertz CT molecular complexity index is 1300. The number of nitrogens with zero attached hydrogens (tertiary/aromatic N) is 3. The average Bonchev–Trinajstić information content (AvgIpc) is 3.21. The second-order valence-electron chi connectivity index (χ2n) is 8.11. The Morgan fingerprint density at radius 2 is 1.94 bits per heavy atom. The van der Waals surface area contributed by atoms with E-state index in [1.807, 2.05) is 18.2 Å². The van der Waals surface area contributed by atoms with E-state index in [2.05, 4.69) is 22.1 Å². The maximum absolute atomic E-state index is 13.2. The quantitative estimate of drug-likeness (QED) is 0.485. The number of hydrogen-bond donors (Lipinski definition) is 1. The van der Waals surface area contributed by atoms with Gasteiger partial charge in [0.2, 0.25) is 0 Å². The Morgan fingerprint density at radius 1 is 1.09 bits per heavy atom. The second-order valence-corrected chi connectivity index (χ2v) is 9.19. The summed E-state index contributed by atoms with van der Waals surface area (Å²) in [5.41, 5.74) is 2.75. The zero-order valence-corrected chi connectivity index (χ0v) is 18.5. The molecule has 0 aliphatic heterocycles. The van der Waals surface area contributed by atoms with Gasteiger partial charge in [0, 0.05) is 23.8 Å². The number of pyridine rings is 1. The number of amides is 1. The molecule has 0 saturated carbocycles. The number of nitrogens with one attached hydrogen (secondary N) is 1. The third-order valence-electron chi connectivity index (χ3n) is 5.92. The monoisotopic (exact) mass is 444 g/mol. The van der Waals surface area contributed by atoms with Crippen LogP contribution in [0.2, 0.25) is 0 Å². The molecule has 1 amide bonds. The van der Waals surface area contributed by atoms with E-state index in [4.69, 9.17) is 4.98 Å². The number of aromatic amines is 1. The predicted molar refractivity (Wildman–Crippen MR) is 126 cm³/mol. The molecule has 3 heterocycles. The maximum atomic E-state index is 13.2. The zero-order chi connectivity index (χ0) is 21.9. The number of carbonyl (C=O) groups is 1. The number of thiophene rings is 1. The van der Waals surface area contributed by atoms with Gasteiger partial charge in [-0.1, -0.05) is 30.3 Å². The van der Waals surface area contributed by atoms with E-state index >= 15 is 0 Å². The van der Waals surface area contributed by atoms with Gasteiger partial charge < -0.3 is 9.88 Å². The number of H-pyrrole nitrogens is 1. The van der Waals surface area contributed by atoms with Crippen LogP contribution in [0.1, 0.15) is 45.0 Å². The van der Waals surface area contributed by atoms with Gasteiger partial charge in [0.15, 0.2) is 0 Å². The molecule has 0 saturated heterocycles. The summed E-state index contributed by atoms with van der Waals surface area (Å²) in [4.78, 5) is 41.8. The van der Waals surface area contributed by atoms with Gasteiger partial charge in [0.1, 0.15) is 10.7 Å². The van der Waals surface area contributed by atoms with E-state index in [-0.39, 0.29) is 18.0 Å². The Hall–Kier alpha value is -3.32. The summed E-state index contributed by atoms with van der Waals surface area (Å²) < 4.78 is 0. The number of aryl methyl sites for hydroxylation is 2. The largest absolute Gasteiger partial charge is 0.331 e. The highest BCUT2D eigenvalue weighted by molar-refractivity contribution is 7.18. The molecule has 0 spiro atoms. The Morgan fingerprint density at radius 3 is 2.75 bits per heavy atom. The van der Waals surface area contributed by atoms with Crippen LogP contribution in [0.4, 0.5) is 0 Å². The number of fused-ring (bicyclic) bond motifs is 3. The van der Waals surface area contributed by atoms with Gasteiger partial charge in [0.05, 0.1) is 17.5 Å². The first kappa shape index (κ1) is 20.6. The minimum atomic E-state index is -0.123. The van der Waals surface area contributed by atoms with E-state index in [0.717, 1.165) is 41.5 Å². The van der Waals surface area contributed by atoms with Crippen molar-refractivity contribution < 1.29 is 4.79 Å². The van der Waals surface area contributed by atoms with Crippen LogP contribution in [0.3, 0.4) is 0 Å². The van der Waals surface area contributed by atoms with Crippen LogP contribution in [0, 0.1) is 0 Å². The van der Waals surface area contributed by atoms with Gasteiger partial charge in [-0.05, 0) is 55.4 Å². The molecule has 1 aliphatic carbocycles. The van der Waals surface area contributed by atoms with Crippen LogP contribution in [0.15, 0.2) is 59.7 Å². The first-order valence-electron chi connectivity index (χ1n) is 11.0. The third kappa shape index (κ3) is 4.21. The lowest BCUT2D eigenvalue weighted by Crippen LogP contribution is -2.34. The van der Waals surface area contributed by atoms with Gasteiger partial charge in [-0.3, -0.25) is 14.6 Å². The highest BCUT2D eigenvalue weighted by Crippen LogP contribution is 2.33. The summed E-state index contributed by atoms with van der Waals surface area (Å²) in [6.07, 6.45) is 8.19. The van der Waals surface area contributed by atoms with Gasteiger partial charge in [-0.2, -0.15) is 0 Å². The lowest BCUT2D eigenvalue weighted by molar-refractivity contribution is 0.0740. The van der Waals surface area contributed by atoms with Crippen molar-refractivity contribution in [2.24, 2.45) is 0 Å². The van der Waals surface area contributed by atoms with Crippen LogP contribution < -0.4 is 5.56 Å². The first-order chi connectivity index (χ1) is 15.7. The molecule has 6 nitrogen and oxygen atoms in total. The van der Waals surface area contributed by atoms with E-state index in [9.17, 15) is 9.59 Å². The maximum Gasteiger partial charge on any atom is 0.259 e. The molecule has 0 unspecified atom stereocenters. The molecule has 0 fully saturated rings. The van der Waals surface area contributed by atoms with Crippen LogP contribution in [0.5, 0.6) is 0 Å². The molecule has 7 heteroatoms. The lowest BCUT2D eigenvalue weighted by Gasteiger charge is -2.22. The fourth-order valence-corrected chi connectivity index (χ4v) is 5.58. The minimum absolute atomic E-state index is 0.0961. The summed E-state index contributed by atoms with van der Waals surface area (Å²) in [6.45, 7) is 0.759. The van der Waals surface area contributed by atoms with Crippen LogP contribution in [-0.4, -0.2) is 32.3 Å². The molecule has 0 bridgehead atoms. The van der Waals surface area contributed by atoms with Crippen LogP contribution in [-0.2, 0) is 25.8 Å². The molecule has 4 aromatic rings. The van der Waals surface area contributed by atoms with Crippen molar-refractivity contribution in [3.8, 4) is 0 Å². The Balaban J connectivity index is 1.45. The van der Waals surface area contributed by atoms with Crippen molar-refractivity contribution in [3.63, 3.8) is 0 Å². The van der Waals surface area contributed by atoms with Gasteiger partial charge in [-0.25, -0.2) is 4.98 Å². The number of hydrogen-bond acceptors (Lipinski definition) is 5.